The molecule has 164 valence electrons. The maximum atomic E-state index is 13.7. The molecule has 4 aliphatic rings. The number of carbonyl (C=O) groups is 4. The minimum absolute atomic E-state index is 0.000395. The molecular formula is C24H32O6. The summed E-state index contributed by atoms with van der Waals surface area (Å²) >= 11 is 0. The van der Waals surface area contributed by atoms with Crippen molar-refractivity contribution in [2.75, 3.05) is 0 Å². The smallest absolute Gasteiger partial charge is 0.169 e. The summed E-state index contributed by atoms with van der Waals surface area (Å²) in [5.74, 6) is -2.05. The van der Waals surface area contributed by atoms with Crippen molar-refractivity contribution < 1.29 is 29.4 Å². The van der Waals surface area contributed by atoms with Gasteiger partial charge in [-0.3, -0.25) is 19.2 Å². The molecule has 6 heteroatoms. The highest BCUT2D eigenvalue weighted by Crippen LogP contribution is 2.71. The highest BCUT2D eigenvalue weighted by atomic mass is 16.3. The Bertz CT molecular complexity index is 930. The third kappa shape index (κ3) is 1.98. The molecule has 0 radical (unpaired) electrons. The third-order valence-electron chi connectivity index (χ3n) is 9.96. The normalized spacial score (nSPS) is 49.8. The lowest BCUT2D eigenvalue weighted by molar-refractivity contribution is -0.198. The Labute approximate surface area is 177 Å². The van der Waals surface area contributed by atoms with Crippen LogP contribution in [0.4, 0.5) is 0 Å². The van der Waals surface area contributed by atoms with Crippen LogP contribution in [0.15, 0.2) is 11.6 Å². The van der Waals surface area contributed by atoms with E-state index in [4.69, 9.17) is 0 Å². The fourth-order valence-corrected chi connectivity index (χ4v) is 7.70. The number of rotatable bonds is 1. The van der Waals surface area contributed by atoms with E-state index in [9.17, 15) is 29.4 Å². The van der Waals surface area contributed by atoms with Gasteiger partial charge < -0.3 is 10.2 Å². The van der Waals surface area contributed by atoms with E-state index >= 15 is 0 Å². The van der Waals surface area contributed by atoms with Crippen molar-refractivity contribution in [1.82, 2.24) is 0 Å². The zero-order valence-corrected chi connectivity index (χ0v) is 18.7. The van der Waals surface area contributed by atoms with Crippen molar-refractivity contribution in [2.24, 2.45) is 33.5 Å². The number of allylic oxidation sites excluding steroid dienone is 1. The standard InChI is InChI=1S/C24H32O6/c1-12(25)13-9-18(28)23(6)22(13,5)17(27)11-15-21(4)8-7-16(26)20(2,3)14(21)10-19(29)24(15,23)30/h11,13-14,18,28,30H,7-10H2,1-6H3/t13-,14+,18-,21+,22+,23-,24-/m1/s1. The van der Waals surface area contributed by atoms with Crippen LogP contribution in [0, 0.1) is 33.5 Å². The molecule has 0 bridgehead atoms. The van der Waals surface area contributed by atoms with Gasteiger partial charge in [0.1, 0.15) is 11.6 Å². The number of fused-ring (bicyclic) bond motifs is 5. The second kappa shape index (κ2) is 5.77. The SMILES string of the molecule is CC(=O)[C@H]1C[C@@H](O)[C@@]2(C)[C@]3(O)C(=O)C[C@H]4C(C)(C)C(=O)CC[C@]4(C)C3=CC(=O)[C@]12C. The van der Waals surface area contributed by atoms with E-state index in [-0.39, 0.29) is 36.1 Å². The van der Waals surface area contributed by atoms with E-state index in [0.717, 1.165) is 0 Å². The largest absolute Gasteiger partial charge is 0.392 e. The summed E-state index contributed by atoms with van der Waals surface area (Å²) in [5, 5.41) is 23.3. The van der Waals surface area contributed by atoms with Crippen molar-refractivity contribution in [2.45, 2.75) is 78.9 Å². The zero-order chi connectivity index (χ0) is 22.7. The fraction of sp³-hybridized carbons (Fsp3) is 0.750. The van der Waals surface area contributed by atoms with Gasteiger partial charge in [0.2, 0.25) is 0 Å². The molecule has 30 heavy (non-hydrogen) atoms. The highest BCUT2D eigenvalue weighted by Gasteiger charge is 2.79. The Hall–Kier alpha value is -1.66. The topological polar surface area (TPSA) is 109 Å². The molecule has 4 rings (SSSR count). The molecule has 0 spiro atoms. The number of carbonyl (C=O) groups excluding carboxylic acids is 4. The Morgan fingerprint density at radius 1 is 1.07 bits per heavy atom. The number of Topliss-reactive ketones (excluding diaryl/α,β-unsaturated/α-hetero) is 3. The predicted octanol–water partition coefficient (Wildman–Crippen LogP) is 2.19. The Morgan fingerprint density at radius 2 is 1.67 bits per heavy atom. The zero-order valence-electron chi connectivity index (χ0n) is 18.7. The number of aliphatic hydroxyl groups is 2. The lowest BCUT2D eigenvalue weighted by Crippen LogP contribution is -2.73. The van der Waals surface area contributed by atoms with Crippen molar-refractivity contribution in [3.63, 3.8) is 0 Å². The van der Waals surface area contributed by atoms with E-state index in [1.807, 2.05) is 20.8 Å². The van der Waals surface area contributed by atoms with Crippen molar-refractivity contribution in [3.05, 3.63) is 11.6 Å². The Kier molecular flexibility index (Phi) is 4.15. The van der Waals surface area contributed by atoms with Gasteiger partial charge in [-0.25, -0.2) is 0 Å². The molecule has 3 fully saturated rings. The summed E-state index contributed by atoms with van der Waals surface area (Å²) in [5.41, 5.74) is -6.12. The van der Waals surface area contributed by atoms with Crippen LogP contribution in [0.25, 0.3) is 0 Å². The lowest BCUT2D eigenvalue weighted by atomic mass is 9.39. The van der Waals surface area contributed by atoms with Gasteiger partial charge in [0.15, 0.2) is 17.2 Å². The molecule has 0 aliphatic heterocycles. The van der Waals surface area contributed by atoms with Crippen LogP contribution in [0.2, 0.25) is 0 Å². The van der Waals surface area contributed by atoms with Gasteiger partial charge in [-0.2, -0.15) is 0 Å². The van der Waals surface area contributed by atoms with Crippen molar-refractivity contribution >= 4 is 23.1 Å². The minimum Gasteiger partial charge on any atom is -0.392 e. The van der Waals surface area contributed by atoms with Gasteiger partial charge in [-0.1, -0.05) is 34.6 Å². The Balaban J connectivity index is 2.01. The molecule has 0 unspecified atom stereocenters. The second-order valence-corrected chi connectivity index (χ2v) is 11.2. The van der Waals surface area contributed by atoms with Crippen LogP contribution >= 0.6 is 0 Å². The van der Waals surface area contributed by atoms with Gasteiger partial charge in [0.25, 0.3) is 0 Å². The van der Waals surface area contributed by atoms with Crippen LogP contribution in [-0.4, -0.2) is 45.1 Å². The molecule has 0 aromatic rings. The summed E-state index contributed by atoms with van der Waals surface area (Å²) < 4.78 is 0. The van der Waals surface area contributed by atoms with Gasteiger partial charge >= 0.3 is 0 Å². The number of hydrogen-bond donors (Lipinski definition) is 2. The molecule has 2 N–H and O–H groups in total. The minimum atomic E-state index is -2.05. The van der Waals surface area contributed by atoms with Gasteiger partial charge in [-0.05, 0) is 42.7 Å². The maximum absolute atomic E-state index is 13.7. The summed E-state index contributed by atoms with van der Waals surface area (Å²) in [7, 11) is 0. The fourth-order valence-electron chi connectivity index (χ4n) is 7.70. The van der Waals surface area contributed by atoms with Crippen molar-refractivity contribution in [3.8, 4) is 0 Å². The summed E-state index contributed by atoms with van der Waals surface area (Å²) in [6.07, 6.45) is 0.980. The third-order valence-corrected chi connectivity index (χ3v) is 9.96. The van der Waals surface area contributed by atoms with Crippen molar-refractivity contribution in [1.29, 1.82) is 0 Å². The molecule has 0 heterocycles. The predicted molar refractivity (Wildman–Crippen MR) is 108 cm³/mol. The van der Waals surface area contributed by atoms with E-state index in [1.165, 1.54) is 13.0 Å². The monoisotopic (exact) mass is 416 g/mol. The second-order valence-electron chi connectivity index (χ2n) is 11.2. The van der Waals surface area contributed by atoms with Crippen LogP contribution in [0.5, 0.6) is 0 Å². The summed E-state index contributed by atoms with van der Waals surface area (Å²) in [6, 6.07) is 0. The average Bonchev–Trinajstić information content (AvgIpc) is 2.88. The van der Waals surface area contributed by atoms with Crippen LogP contribution in [0.1, 0.15) is 67.2 Å². The molecule has 0 aromatic carbocycles. The van der Waals surface area contributed by atoms with Crippen LogP contribution < -0.4 is 0 Å². The quantitative estimate of drug-likeness (QED) is 0.678. The molecule has 0 amide bonds. The summed E-state index contributed by atoms with van der Waals surface area (Å²) in [4.78, 5) is 52.3. The first-order valence-corrected chi connectivity index (χ1v) is 10.9. The van der Waals surface area contributed by atoms with E-state index in [1.54, 1.807) is 13.8 Å². The highest BCUT2D eigenvalue weighted by molar-refractivity contribution is 6.07. The molecule has 6 nitrogen and oxygen atoms in total. The number of ketones is 4. The maximum Gasteiger partial charge on any atom is 0.169 e. The molecule has 0 saturated heterocycles. The first kappa shape index (κ1) is 21.6. The molecule has 7 atom stereocenters. The Morgan fingerprint density at radius 3 is 2.23 bits per heavy atom. The molecule has 0 aromatic heterocycles. The lowest BCUT2D eigenvalue weighted by Gasteiger charge is -2.64. The number of aliphatic hydroxyl groups excluding tert-OH is 1. The van der Waals surface area contributed by atoms with E-state index in [2.05, 4.69) is 0 Å². The molecular weight excluding hydrogens is 384 g/mol. The summed E-state index contributed by atoms with van der Waals surface area (Å²) in [6.45, 7) is 10.2. The molecule has 4 aliphatic carbocycles. The van der Waals surface area contributed by atoms with Crippen LogP contribution in [-0.2, 0) is 19.2 Å². The van der Waals surface area contributed by atoms with Gasteiger partial charge in [0, 0.05) is 29.6 Å². The first-order valence-electron chi connectivity index (χ1n) is 10.9. The van der Waals surface area contributed by atoms with E-state index in [0.29, 0.717) is 18.4 Å². The molecule has 3 saturated carbocycles. The van der Waals surface area contributed by atoms with Gasteiger partial charge in [0.05, 0.1) is 11.5 Å². The number of hydrogen-bond acceptors (Lipinski definition) is 6. The van der Waals surface area contributed by atoms with Crippen LogP contribution in [0.3, 0.4) is 0 Å². The average molecular weight is 417 g/mol. The first-order chi connectivity index (χ1) is 13.6. The van der Waals surface area contributed by atoms with E-state index < -0.39 is 45.1 Å². The van der Waals surface area contributed by atoms with Gasteiger partial charge in [-0.15, -0.1) is 0 Å².